The summed E-state index contributed by atoms with van der Waals surface area (Å²) in [5.41, 5.74) is 0.897. The van der Waals surface area contributed by atoms with Gasteiger partial charge in [0.15, 0.2) is 0 Å². The van der Waals surface area contributed by atoms with Gasteiger partial charge in [-0.25, -0.2) is 8.78 Å². The Bertz CT molecular complexity index is 451. The lowest BCUT2D eigenvalue weighted by atomic mass is 10.0. The molecule has 2 N–H and O–H groups in total. The van der Waals surface area contributed by atoms with Crippen LogP contribution in [-0.4, -0.2) is 42.6 Å². The second kappa shape index (κ2) is 6.15. The molecule has 2 rings (SSSR count). The summed E-state index contributed by atoms with van der Waals surface area (Å²) in [6.45, 7) is 4.21. The lowest BCUT2D eigenvalue weighted by Gasteiger charge is -2.35. The molecular formula is C13H17BrF2N2O. The smallest absolute Gasteiger partial charge is 0.258 e. The maximum Gasteiger partial charge on any atom is 0.258 e. The Labute approximate surface area is 119 Å². The summed E-state index contributed by atoms with van der Waals surface area (Å²) in [6, 6.07) is 2.25. The van der Waals surface area contributed by atoms with Gasteiger partial charge in [-0.3, -0.25) is 4.90 Å². The molecule has 0 saturated carbocycles. The standard InChI is InChI=1S/C13H17BrF2N2O/c1-8-6-9(14)7-10(12(8)19)11(13(15)16)18-4-2-17-3-5-18/h6-7,11,13,17,19H,2-5H2,1H3/t11-/m1/s1. The molecule has 6 heteroatoms. The molecule has 0 aliphatic carbocycles. The van der Waals surface area contributed by atoms with Gasteiger partial charge in [-0.05, 0) is 24.6 Å². The molecule has 1 heterocycles. The van der Waals surface area contributed by atoms with Gasteiger partial charge in [0.25, 0.3) is 6.43 Å². The topological polar surface area (TPSA) is 35.5 Å². The van der Waals surface area contributed by atoms with E-state index in [4.69, 9.17) is 0 Å². The van der Waals surface area contributed by atoms with Crippen molar-refractivity contribution in [3.05, 3.63) is 27.7 Å². The van der Waals surface area contributed by atoms with Crippen LogP contribution in [0.15, 0.2) is 16.6 Å². The van der Waals surface area contributed by atoms with E-state index in [1.54, 1.807) is 24.0 Å². The van der Waals surface area contributed by atoms with E-state index in [9.17, 15) is 13.9 Å². The minimum Gasteiger partial charge on any atom is -0.507 e. The fourth-order valence-electron chi connectivity index (χ4n) is 2.44. The van der Waals surface area contributed by atoms with Crippen LogP contribution in [0.2, 0.25) is 0 Å². The van der Waals surface area contributed by atoms with Crippen LogP contribution in [0.4, 0.5) is 8.78 Å². The molecule has 106 valence electrons. The molecule has 0 unspecified atom stereocenters. The molecule has 1 aromatic rings. The molecule has 1 aromatic carbocycles. The molecule has 1 aliphatic rings. The third-order valence-corrected chi connectivity index (χ3v) is 3.85. The van der Waals surface area contributed by atoms with Crippen LogP contribution in [-0.2, 0) is 0 Å². The molecule has 0 aromatic heterocycles. The molecule has 3 nitrogen and oxygen atoms in total. The van der Waals surface area contributed by atoms with E-state index in [0.717, 1.165) is 0 Å². The lowest BCUT2D eigenvalue weighted by Crippen LogP contribution is -2.46. The Morgan fingerprint density at radius 3 is 2.53 bits per heavy atom. The number of piperazine rings is 1. The number of nitrogens with zero attached hydrogens (tertiary/aromatic N) is 1. The molecule has 0 radical (unpaired) electrons. The quantitative estimate of drug-likeness (QED) is 0.892. The monoisotopic (exact) mass is 334 g/mol. The maximum absolute atomic E-state index is 13.4. The van der Waals surface area contributed by atoms with E-state index in [0.29, 0.717) is 41.8 Å². The first-order valence-corrected chi connectivity index (χ1v) is 7.02. The number of aromatic hydroxyl groups is 1. The van der Waals surface area contributed by atoms with Gasteiger partial charge < -0.3 is 10.4 Å². The highest BCUT2D eigenvalue weighted by Crippen LogP contribution is 2.37. The van der Waals surface area contributed by atoms with Gasteiger partial charge in [-0.1, -0.05) is 15.9 Å². The molecule has 1 atom stereocenters. The van der Waals surface area contributed by atoms with Crippen LogP contribution >= 0.6 is 15.9 Å². The number of aryl methyl sites for hydroxylation is 1. The van der Waals surface area contributed by atoms with Crippen molar-refractivity contribution in [1.29, 1.82) is 0 Å². The average molecular weight is 335 g/mol. The van der Waals surface area contributed by atoms with Crippen LogP contribution in [0.25, 0.3) is 0 Å². The molecule has 1 aliphatic heterocycles. The third kappa shape index (κ3) is 3.24. The minimum atomic E-state index is -2.53. The van der Waals surface area contributed by atoms with Gasteiger partial charge in [0, 0.05) is 36.2 Å². The third-order valence-electron chi connectivity index (χ3n) is 3.40. The average Bonchev–Trinajstić information content (AvgIpc) is 2.36. The lowest BCUT2D eigenvalue weighted by molar-refractivity contribution is 0.0169. The normalized spacial score (nSPS) is 18.8. The Morgan fingerprint density at radius 2 is 1.95 bits per heavy atom. The molecule has 1 saturated heterocycles. The van der Waals surface area contributed by atoms with E-state index in [2.05, 4.69) is 21.2 Å². The highest BCUT2D eigenvalue weighted by Gasteiger charge is 2.32. The van der Waals surface area contributed by atoms with Crippen LogP contribution in [0, 0.1) is 6.92 Å². The van der Waals surface area contributed by atoms with Gasteiger partial charge in [0.1, 0.15) is 11.8 Å². The zero-order chi connectivity index (χ0) is 14.0. The van der Waals surface area contributed by atoms with Gasteiger partial charge in [0.2, 0.25) is 0 Å². The molecule has 0 amide bonds. The van der Waals surface area contributed by atoms with Crippen LogP contribution in [0.1, 0.15) is 17.2 Å². The van der Waals surface area contributed by atoms with Crippen molar-refractivity contribution in [2.75, 3.05) is 26.2 Å². The number of hydrogen-bond donors (Lipinski definition) is 2. The van der Waals surface area contributed by atoms with Crippen LogP contribution < -0.4 is 5.32 Å². The maximum atomic E-state index is 13.4. The van der Waals surface area contributed by atoms with Crippen molar-refractivity contribution in [3.8, 4) is 5.75 Å². The first kappa shape index (κ1) is 14.7. The Morgan fingerprint density at radius 1 is 1.32 bits per heavy atom. The van der Waals surface area contributed by atoms with E-state index >= 15 is 0 Å². The van der Waals surface area contributed by atoms with E-state index < -0.39 is 12.5 Å². The zero-order valence-corrected chi connectivity index (χ0v) is 12.3. The number of phenols is 1. The number of alkyl halides is 2. The van der Waals surface area contributed by atoms with Crippen molar-refractivity contribution < 1.29 is 13.9 Å². The van der Waals surface area contributed by atoms with Crippen molar-refractivity contribution in [1.82, 2.24) is 10.2 Å². The SMILES string of the molecule is Cc1cc(Br)cc([C@H](C(F)F)N2CCNCC2)c1O. The molecule has 1 fully saturated rings. The number of hydrogen-bond acceptors (Lipinski definition) is 3. The molecule has 19 heavy (non-hydrogen) atoms. The predicted molar refractivity (Wildman–Crippen MR) is 73.7 cm³/mol. The number of nitrogens with one attached hydrogen (secondary N) is 1. The first-order chi connectivity index (χ1) is 9.00. The summed E-state index contributed by atoms with van der Waals surface area (Å²) < 4.78 is 27.6. The van der Waals surface area contributed by atoms with Crippen LogP contribution in [0.3, 0.4) is 0 Å². The van der Waals surface area contributed by atoms with E-state index in [1.807, 2.05) is 0 Å². The van der Waals surface area contributed by atoms with E-state index in [-0.39, 0.29) is 5.75 Å². The van der Waals surface area contributed by atoms with Gasteiger partial charge >= 0.3 is 0 Å². The highest BCUT2D eigenvalue weighted by molar-refractivity contribution is 9.10. The number of phenolic OH excluding ortho intramolecular Hbond substituents is 1. The Hall–Kier alpha value is -0.720. The second-order valence-corrected chi connectivity index (χ2v) is 5.64. The summed E-state index contributed by atoms with van der Waals surface area (Å²) in [5.74, 6) is -0.0352. The van der Waals surface area contributed by atoms with Crippen molar-refractivity contribution in [2.24, 2.45) is 0 Å². The fraction of sp³-hybridized carbons (Fsp3) is 0.538. The number of benzene rings is 1. The first-order valence-electron chi connectivity index (χ1n) is 6.22. The summed E-state index contributed by atoms with van der Waals surface area (Å²) in [4.78, 5) is 1.72. The minimum absolute atomic E-state index is 0.0352. The molecular weight excluding hydrogens is 318 g/mol. The van der Waals surface area contributed by atoms with Crippen molar-refractivity contribution >= 4 is 15.9 Å². The Balaban J connectivity index is 2.38. The number of halogens is 3. The van der Waals surface area contributed by atoms with Gasteiger partial charge in [-0.15, -0.1) is 0 Å². The largest absolute Gasteiger partial charge is 0.507 e. The molecule has 0 bridgehead atoms. The van der Waals surface area contributed by atoms with Gasteiger partial charge in [-0.2, -0.15) is 0 Å². The van der Waals surface area contributed by atoms with Crippen molar-refractivity contribution in [2.45, 2.75) is 19.4 Å². The summed E-state index contributed by atoms with van der Waals surface area (Å²) >= 11 is 3.30. The van der Waals surface area contributed by atoms with Crippen molar-refractivity contribution in [3.63, 3.8) is 0 Å². The fourth-order valence-corrected chi connectivity index (χ4v) is 3.03. The van der Waals surface area contributed by atoms with Gasteiger partial charge in [0.05, 0.1) is 0 Å². The summed E-state index contributed by atoms with van der Waals surface area (Å²) in [7, 11) is 0. The summed E-state index contributed by atoms with van der Waals surface area (Å²) in [5, 5.41) is 13.2. The molecule has 0 spiro atoms. The predicted octanol–water partition coefficient (Wildman–Crippen LogP) is 2.67. The zero-order valence-electron chi connectivity index (χ0n) is 10.7. The van der Waals surface area contributed by atoms with Crippen LogP contribution in [0.5, 0.6) is 5.75 Å². The summed E-state index contributed by atoms with van der Waals surface area (Å²) in [6.07, 6.45) is -2.53. The highest BCUT2D eigenvalue weighted by atomic mass is 79.9. The Kier molecular flexibility index (Phi) is 4.76. The van der Waals surface area contributed by atoms with E-state index in [1.165, 1.54) is 0 Å². The second-order valence-electron chi connectivity index (χ2n) is 4.73. The number of rotatable bonds is 3.